The summed E-state index contributed by atoms with van der Waals surface area (Å²) in [5, 5.41) is 0.531. The van der Waals surface area contributed by atoms with Gasteiger partial charge >= 0.3 is 0 Å². The largest absolute Gasteiger partial charge is 0.337 e. The van der Waals surface area contributed by atoms with Crippen molar-refractivity contribution in [1.29, 1.82) is 0 Å². The fourth-order valence-electron chi connectivity index (χ4n) is 1.68. The lowest BCUT2D eigenvalue weighted by Gasteiger charge is -2.17. The Labute approximate surface area is 125 Å². The van der Waals surface area contributed by atoms with Gasteiger partial charge in [0.05, 0.1) is 5.02 Å². The summed E-state index contributed by atoms with van der Waals surface area (Å²) in [7, 11) is 1.76. The van der Waals surface area contributed by atoms with E-state index in [-0.39, 0.29) is 5.91 Å². The lowest BCUT2D eigenvalue weighted by molar-refractivity contribution is 0.0785. The monoisotopic (exact) mass is 338 g/mol. The standard InChI is InChI=1S/C14H12BrClN2O/c1-18(9-10-4-6-17-7-5-10)14(19)11-2-3-12(15)13(16)8-11/h2-8H,9H2,1H3. The van der Waals surface area contributed by atoms with Crippen LogP contribution >= 0.6 is 27.5 Å². The third kappa shape index (κ3) is 3.55. The van der Waals surface area contributed by atoms with Crippen molar-refractivity contribution in [3.63, 3.8) is 0 Å². The normalized spacial score (nSPS) is 10.3. The minimum Gasteiger partial charge on any atom is -0.337 e. The average molecular weight is 340 g/mol. The maximum atomic E-state index is 12.2. The fraction of sp³-hybridized carbons (Fsp3) is 0.143. The molecular weight excluding hydrogens is 328 g/mol. The van der Waals surface area contributed by atoms with E-state index in [1.54, 1.807) is 42.5 Å². The first-order valence-electron chi connectivity index (χ1n) is 5.67. The van der Waals surface area contributed by atoms with E-state index in [0.29, 0.717) is 17.1 Å². The van der Waals surface area contributed by atoms with Gasteiger partial charge in [0, 0.05) is 36.0 Å². The van der Waals surface area contributed by atoms with Crippen LogP contribution in [0.1, 0.15) is 15.9 Å². The Morgan fingerprint density at radius 2 is 2.00 bits per heavy atom. The van der Waals surface area contributed by atoms with Crippen molar-refractivity contribution in [3.05, 3.63) is 63.3 Å². The molecule has 0 fully saturated rings. The van der Waals surface area contributed by atoms with Crippen molar-refractivity contribution in [2.75, 3.05) is 7.05 Å². The van der Waals surface area contributed by atoms with Crippen molar-refractivity contribution in [2.24, 2.45) is 0 Å². The molecule has 0 N–H and O–H groups in total. The highest BCUT2D eigenvalue weighted by Gasteiger charge is 2.13. The smallest absolute Gasteiger partial charge is 0.253 e. The minimum atomic E-state index is -0.0637. The van der Waals surface area contributed by atoms with Crippen LogP contribution in [0.4, 0.5) is 0 Å². The first-order valence-corrected chi connectivity index (χ1v) is 6.84. The summed E-state index contributed by atoms with van der Waals surface area (Å²) in [6, 6.07) is 8.96. The summed E-state index contributed by atoms with van der Waals surface area (Å²) in [6.07, 6.45) is 3.42. The molecule has 0 aliphatic carbocycles. The topological polar surface area (TPSA) is 33.2 Å². The molecule has 0 saturated carbocycles. The summed E-state index contributed by atoms with van der Waals surface area (Å²) in [4.78, 5) is 17.8. The molecule has 2 aromatic rings. The number of nitrogens with zero attached hydrogens (tertiary/aromatic N) is 2. The van der Waals surface area contributed by atoms with Gasteiger partial charge in [-0.25, -0.2) is 0 Å². The second kappa shape index (κ2) is 6.17. The number of amides is 1. The van der Waals surface area contributed by atoms with E-state index in [0.717, 1.165) is 10.0 Å². The highest BCUT2D eigenvalue weighted by Crippen LogP contribution is 2.23. The molecule has 0 atom stereocenters. The molecule has 3 nitrogen and oxygen atoms in total. The van der Waals surface area contributed by atoms with E-state index in [1.807, 2.05) is 12.1 Å². The SMILES string of the molecule is CN(Cc1ccncc1)C(=O)c1ccc(Br)c(Cl)c1. The van der Waals surface area contributed by atoms with Gasteiger partial charge in [-0.1, -0.05) is 11.6 Å². The summed E-state index contributed by atoms with van der Waals surface area (Å²) >= 11 is 9.30. The Morgan fingerprint density at radius 3 is 2.63 bits per heavy atom. The molecule has 1 heterocycles. The van der Waals surface area contributed by atoms with Crippen LogP contribution in [0.5, 0.6) is 0 Å². The molecule has 2 rings (SSSR count). The molecule has 0 aliphatic heterocycles. The molecule has 0 bridgehead atoms. The average Bonchev–Trinajstić information content (AvgIpc) is 2.42. The number of pyridine rings is 1. The van der Waals surface area contributed by atoms with E-state index >= 15 is 0 Å². The van der Waals surface area contributed by atoms with Gasteiger partial charge in [0.15, 0.2) is 0 Å². The molecule has 19 heavy (non-hydrogen) atoms. The van der Waals surface area contributed by atoms with Gasteiger partial charge in [0.1, 0.15) is 0 Å². The Bertz CT molecular complexity index is 589. The predicted molar refractivity (Wildman–Crippen MR) is 79.2 cm³/mol. The Kier molecular flexibility index (Phi) is 4.56. The second-order valence-electron chi connectivity index (χ2n) is 4.15. The zero-order valence-electron chi connectivity index (χ0n) is 10.3. The maximum Gasteiger partial charge on any atom is 0.253 e. The number of halogens is 2. The van der Waals surface area contributed by atoms with Gasteiger partial charge in [0.25, 0.3) is 5.91 Å². The third-order valence-corrected chi connectivity index (χ3v) is 3.91. The molecule has 0 aliphatic rings. The van der Waals surface area contributed by atoms with Gasteiger partial charge in [-0.3, -0.25) is 9.78 Å². The maximum absolute atomic E-state index is 12.2. The van der Waals surface area contributed by atoms with Crippen LogP contribution < -0.4 is 0 Å². The molecule has 1 aromatic heterocycles. The number of rotatable bonds is 3. The van der Waals surface area contributed by atoms with E-state index in [4.69, 9.17) is 11.6 Å². The van der Waals surface area contributed by atoms with Crippen molar-refractivity contribution < 1.29 is 4.79 Å². The van der Waals surface area contributed by atoms with Crippen LogP contribution in [0.15, 0.2) is 47.2 Å². The van der Waals surface area contributed by atoms with E-state index in [9.17, 15) is 4.79 Å². The lowest BCUT2D eigenvalue weighted by atomic mass is 10.2. The Morgan fingerprint density at radius 1 is 1.32 bits per heavy atom. The molecule has 0 unspecified atom stereocenters. The van der Waals surface area contributed by atoms with Crippen LogP contribution in [0.3, 0.4) is 0 Å². The molecule has 1 amide bonds. The van der Waals surface area contributed by atoms with Crippen molar-refractivity contribution in [2.45, 2.75) is 6.54 Å². The summed E-state index contributed by atoms with van der Waals surface area (Å²) in [5.41, 5.74) is 1.61. The third-order valence-electron chi connectivity index (χ3n) is 2.68. The van der Waals surface area contributed by atoms with Gasteiger partial charge < -0.3 is 4.90 Å². The molecule has 5 heteroatoms. The Balaban J connectivity index is 2.12. The summed E-state index contributed by atoms with van der Waals surface area (Å²) in [5.74, 6) is -0.0637. The number of carbonyl (C=O) groups excluding carboxylic acids is 1. The molecule has 0 spiro atoms. The highest BCUT2D eigenvalue weighted by atomic mass is 79.9. The van der Waals surface area contributed by atoms with E-state index < -0.39 is 0 Å². The van der Waals surface area contributed by atoms with Gasteiger partial charge in [-0.15, -0.1) is 0 Å². The predicted octanol–water partition coefficient (Wildman–Crippen LogP) is 3.77. The highest BCUT2D eigenvalue weighted by molar-refractivity contribution is 9.10. The zero-order chi connectivity index (χ0) is 13.8. The first-order chi connectivity index (χ1) is 9.08. The van der Waals surface area contributed by atoms with Crippen LogP contribution in [-0.2, 0) is 6.54 Å². The molecule has 98 valence electrons. The molecule has 0 saturated heterocycles. The number of carbonyl (C=O) groups is 1. The van der Waals surface area contributed by atoms with Crippen LogP contribution in [0.25, 0.3) is 0 Å². The fourth-order valence-corrected chi connectivity index (χ4v) is 2.11. The van der Waals surface area contributed by atoms with Crippen molar-refractivity contribution >= 4 is 33.4 Å². The number of benzene rings is 1. The van der Waals surface area contributed by atoms with Crippen LogP contribution in [0.2, 0.25) is 5.02 Å². The summed E-state index contributed by atoms with van der Waals surface area (Å²) in [6.45, 7) is 0.537. The van der Waals surface area contributed by atoms with Crippen molar-refractivity contribution in [1.82, 2.24) is 9.88 Å². The quantitative estimate of drug-likeness (QED) is 0.853. The number of hydrogen-bond donors (Lipinski definition) is 0. The van der Waals surface area contributed by atoms with Crippen molar-refractivity contribution in [3.8, 4) is 0 Å². The van der Waals surface area contributed by atoms with E-state index in [2.05, 4.69) is 20.9 Å². The van der Waals surface area contributed by atoms with E-state index in [1.165, 1.54) is 0 Å². The van der Waals surface area contributed by atoms with Crippen LogP contribution in [-0.4, -0.2) is 22.8 Å². The second-order valence-corrected chi connectivity index (χ2v) is 5.41. The zero-order valence-corrected chi connectivity index (χ0v) is 12.6. The molecule has 1 aromatic carbocycles. The molecular formula is C14H12BrClN2O. The minimum absolute atomic E-state index is 0.0637. The number of hydrogen-bond acceptors (Lipinski definition) is 2. The summed E-state index contributed by atoms with van der Waals surface area (Å²) < 4.78 is 0.780. The lowest BCUT2D eigenvalue weighted by Crippen LogP contribution is -2.26. The van der Waals surface area contributed by atoms with Crippen LogP contribution in [0, 0.1) is 0 Å². The Hall–Kier alpha value is -1.39. The molecule has 0 radical (unpaired) electrons. The van der Waals surface area contributed by atoms with Gasteiger partial charge in [-0.2, -0.15) is 0 Å². The number of aromatic nitrogens is 1. The first kappa shape index (κ1) is 14.0. The van der Waals surface area contributed by atoms with Gasteiger partial charge in [0.2, 0.25) is 0 Å². The van der Waals surface area contributed by atoms with Gasteiger partial charge in [-0.05, 0) is 51.8 Å².